The number of rotatable bonds is 3. The van der Waals surface area contributed by atoms with Crippen LogP contribution in [0.3, 0.4) is 0 Å². The minimum atomic E-state index is -0.636. The molecule has 7 nitrogen and oxygen atoms in total. The van der Waals surface area contributed by atoms with Crippen LogP contribution in [0.4, 0.5) is 11.5 Å². The number of nitrogens with one attached hydrogen (secondary N) is 1. The first-order valence-electron chi connectivity index (χ1n) is 5.10. The molecule has 2 rings (SSSR count). The van der Waals surface area contributed by atoms with Gasteiger partial charge in [0.05, 0.1) is 11.0 Å². The maximum Gasteiger partial charge on any atom is 0.305 e. The minimum Gasteiger partial charge on any atom is -0.393 e. The molecule has 0 amide bonds. The van der Waals surface area contributed by atoms with Gasteiger partial charge in [0.1, 0.15) is 11.9 Å². The van der Waals surface area contributed by atoms with Gasteiger partial charge in [-0.05, 0) is 18.9 Å². The Morgan fingerprint density at radius 3 is 2.82 bits per heavy atom. The third-order valence-electron chi connectivity index (χ3n) is 2.64. The lowest BCUT2D eigenvalue weighted by molar-refractivity contribution is -0.385. The standard InChI is InChI=1S/C10H10N4O3/c11-5-8-9(14(16)17)1-2-10(13-8)12-6-3-7(15)4-6/h1-2,6-7,15H,3-4H2,(H,12,13). The molecule has 0 aliphatic heterocycles. The third kappa shape index (κ3) is 2.32. The molecule has 0 saturated heterocycles. The normalized spacial score (nSPS) is 22.4. The van der Waals surface area contributed by atoms with E-state index >= 15 is 0 Å². The zero-order valence-electron chi connectivity index (χ0n) is 8.83. The van der Waals surface area contributed by atoms with Crippen LogP contribution in [0.25, 0.3) is 0 Å². The topological polar surface area (TPSA) is 112 Å². The molecule has 1 saturated carbocycles. The first-order chi connectivity index (χ1) is 8.10. The van der Waals surface area contributed by atoms with Gasteiger partial charge < -0.3 is 10.4 Å². The number of hydrogen-bond acceptors (Lipinski definition) is 6. The molecule has 0 unspecified atom stereocenters. The van der Waals surface area contributed by atoms with Gasteiger partial charge in [-0.2, -0.15) is 5.26 Å². The van der Waals surface area contributed by atoms with E-state index in [0.29, 0.717) is 18.7 Å². The molecule has 7 heteroatoms. The molecule has 1 aliphatic rings. The summed E-state index contributed by atoms with van der Waals surface area (Å²) in [6.45, 7) is 0. The summed E-state index contributed by atoms with van der Waals surface area (Å²) in [5.41, 5.74) is -0.508. The van der Waals surface area contributed by atoms with E-state index in [1.54, 1.807) is 6.07 Å². The van der Waals surface area contributed by atoms with Crippen LogP contribution in [0.15, 0.2) is 12.1 Å². The summed E-state index contributed by atoms with van der Waals surface area (Å²) in [5, 5.41) is 31.5. The fourth-order valence-electron chi connectivity index (χ4n) is 1.68. The molecule has 1 fully saturated rings. The first-order valence-corrected chi connectivity index (χ1v) is 5.10. The Morgan fingerprint density at radius 1 is 1.59 bits per heavy atom. The number of nitrogens with zero attached hydrogens (tertiary/aromatic N) is 3. The summed E-state index contributed by atoms with van der Waals surface area (Å²) < 4.78 is 0. The molecule has 1 aliphatic carbocycles. The van der Waals surface area contributed by atoms with Gasteiger partial charge in [-0.25, -0.2) is 4.98 Å². The van der Waals surface area contributed by atoms with Crippen molar-refractivity contribution in [2.24, 2.45) is 0 Å². The lowest BCUT2D eigenvalue weighted by Gasteiger charge is -2.32. The second-order valence-electron chi connectivity index (χ2n) is 3.90. The Kier molecular flexibility index (Phi) is 2.89. The number of nitriles is 1. The van der Waals surface area contributed by atoms with E-state index in [2.05, 4.69) is 10.3 Å². The summed E-state index contributed by atoms with van der Waals surface area (Å²) in [6, 6.07) is 4.52. The predicted molar refractivity (Wildman–Crippen MR) is 58.3 cm³/mol. The Balaban J connectivity index is 2.15. The molecule has 88 valence electrons. The van der Waals surface area contributed by atoms with Crippen molar-refractivity contribution >= 4 is 11.5 Å². The number of aliphatic hydroxyl groups excluding tert-OH is 1. The quantitative estimate of drug-likeness (QED) is 0.590. The van der Waals surface area contributed by atoms with Crippen LogP contribution in [0.2, 0.25) is 0 Å². The molecule has 0 atom stereocenters. The molecular weight excluding hydrogens is 224 g/mol. The van der Waals surface area contributed by atoms with Gasteiger partial charge in [-0.15, -0.1) is 0 Å². The van der Waals surface area contributed by atoms with Crippen molar-refractivity contribution in [2.75, 3.05) is 5.32 Å². The number of pyridine rings is 1. The van der Waals surface area contributed by atoms with Crippen LogP contribution in [-0.2, 0) is 0 Å². The molecule has 17 heavy (non-hydrogen) atoms. The maximum absolute atomic E-state index is 10.6. The van der Waals surface area contributed by atoms with Crippen molar-refractivity contribution in [2.45, 2.75) is 25.0 Å². The van der Waals surface area contributed by atoms with E-state index in [9.17, 15) is 10.1 Å². The summed E-state index contributed by atoms with van der Waals surface area (Å²) in [7, 11) is 0. The molecule has 0 bridgehead atoms. The average molecular weight is 234 g/mol. The van der Waals surface area contributed by atoms with Crippen molar-refractivity contribution in [3.8, 4) is 6.07 Å². The highest BCUT2D eigenvalue weighted by Gasteiger charge is 2.27. The van der Waals surface area contributed by atoms with Gasteiger partial charge in [0.15, 0.2) is 0 Å². The highest BCUT2D eigenvalue weighted by Crippen LogP contribution is 2.25. The third-order valence-corrected chi connectivity index (χ3v) is 2.64. The number of anilines is 1. The van der Waals surface area contributed by atoms with Gasteiger partial charge in [0.2, 0.25) is 5.69 Å². The predicted octanol–water partition coefficient (Wildman–Crippen LogP) is 0.797. The summed E-state index contributed by atoms with van der Waals surface area (Å²) in [6.07, 6.45) is 0.960. The van der Waals surface area contributed by atoms with E-state index in [1.165, 1.54) is 12.1 Å². The minimum absolute atomic E-state index is 0.116. The lowest BCUT2D eigenvalue weighted by Crippen LogP contribution is -2.39. The van der Waals surface area contributed by atoms with Gasteiger partial charge in [-0.1, -0.05) is 0 Å². The van der Waals surface area contributed by atoms with Crippen molar-refractivity contribution in [1.82, 2.24) is 4.98 Å². The molecule has 2 N–H and O–H groups in total. The van der Waals surface area contributed by atoms with E-state index in [-0.39, 0.29) is 23.5 Å². The first kappa shape index (κ1) is 11.3. The molecule has 0 spiro atoms. The second-order valence-corrected chi connectivity index (χ2v) is 3.90. The zero-order chi connectivity index (χ0) is 12.4. The van der Waals surface area contributed by atoms with Crippen molar-refractivity contribution in [3.05, 3.63) is 27.9 Å². The molecule has 1 aromatic rings. The van der Waals surface area contributed by atoms with Crippen LogP contribution in [0.1, 0.15) is 18.5 Å². The molecule has 1 heterocycles. The summed E-state index contributed by atoms with van der Waals surface area (Å²) in [5.74, 6) is 0.420. The van der Waals surface area contributed by atoms with Crippen LogP contribution in [-0.4, -0.2) is 27.2 Å². The Hall–Kier alpha value is -2.20. The number of nitro groups is 1. The van der Waals surface area contributed by atoms with Gasteiger partial charge in [0, 0.05) is 12.1 Å². The van der Waals surface area contributed by atoms with Gasteiger partial charge in [-0.3, -0.25) is 10.1 Å². The van der Waals surface area contributed by atoms with Gasteiger partial charge in [0.25, 0.3) is 0 Å². The van der Waals surface area contributed by atoms with Crippen LogP contribution in [0, 0.1) is 21.4 Å². The fraction of sp³-hybridized carbons (Fsp3) is 0.400. The Bertz CT molecular complexity index is 491. The average Bonchev–Trinajstić information content (AvgIpc) is 2.26. The van der Waals surface area contributed by atoms with Crippen molar-refractivity contribution in [3.63, 3.8) is 0 Å². The van der Waals surface area contributed by atoms with E-state index in [0.717, 1.165) is 0 Å². The second kappa shape index (κ2) is 4.35. The SMILES string of the molecule is N#Cc1nc(NC2CC(O)C2)ccc1[N+](=O)[O-]. The maximum atomic E-state index is 10.6. The van der Waals surface area contributed by atoms with Crippen LogP contribution < -0.4 is 5.32 Å². The largest absolute Gasteiger partial charge is 0.393 e. The molecular formula is C10H10N4O3. The van der Waals surface area contributed by atoms with Crippen molar-refractivity contribution in [1.29, 1.82) is 5.26 Å². The fourth-order valence-corrected chi connectivity index (χ4v) is 1.68. The Morgan fingerprint density at radius 2 is 2.29 bits per heavy atom. The van der Waals surface area contributed by atoms with Crippen LogP contribution in [0.5, 0.6) is 0 Å². The lowest BCUT2D eigenvalue weighted by atomic mass is 9.89. The van der Waals surface area contributed by atoms with E-state index in [4.69, 9.17) is 10.4 Å². The monoisotopic (exact) mass is 234 g/mol. The molecule has 1 aromatic heterocycles. The highest BCUT2D eigenvalue weighted by molar-refractivity contribution is 5.50. The van der Waals surface area contributed by atoms with Crippen molar-refractivity contribution < 1.29 is 10.0 Å². The molecule has 0 aromatic carbocycles. The zero-order valence-corrected chi connectivity index (χ0v) is 8.83. The highest BCUT2D eigenvalue weighted by atomic mass is 16.6. The van der Waals surface area contributed by atoms with E-state index in [1.807, 2.05) is 0 Å². The van der Waals surface area contributed by atoms with Gasteiger partial charge >= 0.3 is 5.69 Å². The summed E-state index contributed by atoms with van der Waals surface area (Å²) in [4.78, 5) is 13.8. The summed E-state index contributed by atoms with van der Waals surface area (Å²) >= 11 is 0. The Labute approximate surface area is 96.9 Å². The number of aliphatic hydroxyl groups is 1. The number of hydrogen-bond donors (Lipinski definition) is 2. The number of aromatic nitrogens is 1. The van der Waals surface area contributed by atoms with E-state index < -0.39 is 4.92 Å². The smallest absolute Gasteiger partial charge is 0.305 e. The van der Waals surface area contributed by atoms with Crippen LogP contribution >= 0.6 is 0 Å². The molecule has 0 radical (unpaired) electrons.